The van der Waals surface area contributed by atoms with Crippen LogP contribution in [-0.4, -0.2) is 43.7 Å². The molecule has 3 rings (SSSR count). The minimum Gasteiger partial charge on any atom is -0.480 e. The number of nitrogens with zero attached hydrogens (tertiary/aromatic N) is 3. The summed E-state index contributed by atoms with van der Waals surface area (Å²) in [4.78, 5) is 26.0. The number of rotatable bonds is 2. The van der Waals surface area contributed by atoms with E-state index in [9.17, 15) is 14.7 Å². The molecule has 114 valence electrons. The van der Waals surface area contributed by atoms with Crippen LogP contribution in [0.1, 0.15) is 48.2 Å². The molecule has 1 aliphatic carbocycles. The number of aryl methyl sites for hydroxylation is 2. The van der Waals surface area contributed by atoms with E-state index in [-0.39, 0.29) is 11.9 Å². The van der Waals surface area contributed by atoms with Crippen LogP contribution in [0.15, 0.2) is 6.20 Å². The number of carboxylic acid groups (broad SMARTS) is 1. The summed E-state index contributed by atoms with van der Waals surface area (Å²) < 4.78 is 1.60. The molecule has 6 heteroatoms. The monoisotopic (exact) mass is 291 g/mol. The van der Waals surface area contributed by atoms with Crippen molar-refractivity contribution in [1.82, 2.24) is 14.7 Å². The minimum atomic E-state index is -0.890. The first-order valence-corrected chi connectivity index (χ1v) is 7.54. The highest BCUT2D eigenvalue weighted by atomic mass is 16.4. The molecule has 1 aromatic rings. The van der Waals surface area contributed by atoms with Gasteiger partial charge in [-0.3, -0.25) is 9.48 Å². The standard InChI is InChI=1S/C15H21N3O3/c1-9-11(8-17(2)16-9)14(19)18-12-6-4-3-5-10(12)7-13(18)15(20)21/h8,10,12-13H,3-7H2,1-2H3,(H,20,21)/t10-,12-,13-/m0/s1. The van der Waals surface area contributed by atoms with Crippen LogP contribution in [0, 0.1) is 12.8 Å². The maximum absolute atomic E-state index is 12.9. The van der Waals surface area contributed by atoms with Gasteiger partial charge in [0.15, 0.2) is 0 Å². The van der Waals surface area contributed by atoms with Crippen molar-refractivity contribution < 1.29 is 14.7 Å². The fourth-order valence-corrected chi connectivity index (χ4v) is 3.92. The first kappa shape index (κ1) is 14.1. The van der Waals surface area contributed by atoms with Crippen molar-refractivity contribution in [1.29, 1.82) is 0 Å². The SMILES string of the molecule is Cc1nn(C)cc1C(=O)N1[C@H](C(=O)O)C[C@@H]2CCCC[C@@H]21. The van der Waals surface area contributed by atoms with Gasteiger partial charge in [-0.05, 0) is 32.1 Å². The van der Waals surface area contributed by atoms with Gasteiger partial charge in [-0.15, -0.1) is 0 Å². The van der Waals surface area contributed by atoms with Gasteiger partial charge in [-0.2, -0.15) is 5.10 Å². The van der Waals surface area contributed by atoms with Crippen LogP contribution in [0.25, 0.3) is 0 Å². The van der Waals surface area contributed by atoms with Gasteiger partial charge in [0.1, 0.15) is 6.04 Å². The summed E-state index contributed by atoms with van der Waals surface area (Å²) in [5.74, 6) is -0.734. The Bertz CT molecular complexity index is 581. The quantitative estimate of drug-likeness (QED) is 0.897. The van der Waals surface area contributed by atoms with Crippen LogP contribution in [0.2, 0.25) is 0 Å². The highest BCUT2D eigenvalue weighted by molar-refractivity contribution is 5.98. The van der Waals surface area contributed by atoms with Gasteiger partial charge in [0.25, 0.3) is 5.91 Å². The molecule has 0 unspecified atom stereocenters. The van der Waals surface area contributed by atoms with E-state index in [1.54, 1.807) is 29.7 Å². The van der Waals surface area contributed by atoms with E-state index < -0.39 is 12.0 Å². The molecule has 0 aromatic carbocycles. The number of likely N-dealkylation sites (tertiary alicyclic amines) is 1. The Balaban J connectivity index is 1.94. The fourth-order valence-electron chi connectivity index (χ4n) is 3.92. The summed E-state index contributed by atoms with van der Waals surface area (Å²) >= 11 is 0. The topological polar surface area (TPSA) is 75.4 Å². The number of aromatic nitrogens is 2. The lowest BCUT2D eigenvalue weighted by Gasteiger charge is -2.32. The molecule has 21 heavy (non-hydrogen) atoms. The predicted octanol–water partition coefficient (Wildman–Crippen LogP) is 1.59. The molecule has 2 heterocycles. The third-order valence-corrected chi connectivity index (χ3v) is 4.85. The van der Waals surface area contributed by atoms with Crippen molar-refractivity contribution in [2.75, 3.05) is 0 Å². The molecule has 0 spiro atoms. The number of carboxylic acids is 1. The summed E-state index contributed by atoms with van der Waals surface area (Å²) in [6.45, 7) is 1.79. The van der Waals surface area contributed by atoms with Crippen LogP contribution >= 0.6 is 0 Å². The summed E-state index contributed by atoms with van der Waals surface area (Å²) in [7, 11) is 1.77. The second-order valence-electron chi connectivity index (χ2n) is 6.22. The molecule has 2 aliphatic rings. The van der Waals surface area contributed by atoms with E-state index in [1.807, 2.05) is 0 Å². The second kappa shape index (κ2) is 5.16. The van der Waals surface area contributed by atoms with E-state index >= 15 is 0 Å². The molecule has 6 nitrogen and oxygen atoms in total. The Labute approximate surface area is 123 Å². The first-order valence-electron chi connectivity index (χ1n) is 7.54. The lowest BCUT2D eigenvalue weighted by Crippen LogP contribution is -2.46. The predicted molar refractivity (Wildman–Crippen MR) is 75.9 cm³/mol. The Morgan fingerprint density at radius 3 is 2.67 bits per heavy atom. The molecular weight excluding hydrogens is 270 g/mol. The van der Waals surface area contributed by atoms with Gasteiger partial charge in [0.05, 0.1) is 11.3 Å². The summed E-state index contributed by atoms with van der Waals surface area (Å²) in [5, 5.41) is 13.7. The zero-order valence-electron chi connectivity index (χ0n) is 12.5. The Hall–Kier alpha value is -1.85. The van der Waals surface area contributed by atoms with E-state index in [0.717, 1.165) is 25.7 Å². The lowest BCUT2D eigenvalue weighted by atomic mass is 9.84. The van der Waals surface area contributed by atoms with E-state index in [4.69, 9.17) is 0 Å². The number of hydrogen-bond donors (Lipinski definition) is 1. The molecule has 1 amide bonds. The van der Waals surface area contributed by atoms with Gasteiger partial charge >= 0.3 is 5.97 Å². The third-order valence-electron chi connectivity index (χ3n) is 4.85. The summed E-state index contributed by atoms with van der Waals surface area (Å²) in [5.41, 5.74) is 1.18. The maximum Gasteiger partial charge on any atom is 0.326 e. The maximum atomic E-state index is 12.9. The van der Waals surface area contributed by atoms with Gasteiger partial charge in [0.2, 0.25) is 0 Å². The van der Waals surface area contributed by atoms with Crippen LogP contribution in [0.5, 0.6) is 0 Å². The lowest BCUT2D eigenvalue weighted by molar-refractivity contribution is -0.141. The minimum absolute atomic E-state index is 0.0759. The smallest absolute Gasteiger partial charge is 0.326 e. The average Bonchev–Trinajstić information content (AvgIpc) is 2.98. The first-order chi connectivity index (χ1) is 9.99. The zero-order chi connectivity index (χ0) is 15.1. The highest BCUT2D eigenvalue weighted by Gasteiger charge is 2.48. The molecule has 2 fully saturated rings. The second-order valence-corrected chi connectivity index (χ2v) is 6.22. The molecule has 3 atom stereocenters. The van der Waals surface area contributed by atoms with Gasteiger partial charge < -0.3 is 10.0 Å². The molecule has 1 saturated carbocycles. The molecule has 0 radical (unpaired) electrons. The molecule has 1 saturated heterocycles. The number of fused-ring (bicyclic) bond motifs is 1. The summed E-state index contributed by atoms with van der Waals surface area (Å²) in [6, 6.07) is -0.614. The third kappa shape index (κ3) is 2.32. The molecule has 1 aromatic heterocycles. The number of carbonyl (C=O) groups is 2. The summed E-state index contributed by atoms with van der Waals surface area (Å²) in [6.07, 6.45) is 6.44. The van der Waals surface area contributed by atoms with Crippen molar-refractivity contribution in [3.63, 3.8) is 0 Å². The number of hydrogen-bond acceptors (Lipinski definition) is 3. The van der Waals surface area contributed by atoms with Crippen LogP contribution in [0.4, 0.5) is 0 Å². The highest BCUT2D eigenvalue weighted by Crippen LogP contribution is 2.40. The van der Waals surface area contributed by atoms with Crippen molar-refractivity contribution in [2.45, 2.75) is 51.1 Å². The average molecular weight is 291 g/mol. The zero-order valence-corrected chi connectivity index (χ0v) is 12.5. The largest absolute Gasteiger partial charge is 0.480 e. The Morgan fingerprint density at radius 2 is 2.05 bits per heavy atom. The van der Waals surface area contributed by atoms with Gasteiger partial charge in [-0.1, -0.05) is 12.8 Å². The Morgan fingerprint density at radius 1 is 1.33 bits per heavy atom. The Kier molecular flexibility index (Phi) is 3.47. The van der Waals surface area contributed by atoms with E-state index in [2.05, 4.69) is 5.10 Å². The molecule has 1 N–H and O–H groups in total. The van der Waals surface area contributed by atoms with Crippen molar-refractivity contribution in [2.24, 2.45) is 13.0 Å². The van der Waals surface area contributed by atoms with E-state index in [0.29, 0.717) is 23.6 Å². The number of aliphatic carboxylic acids is 1. The number of carbonyl (C=O) groups excluding carboxylic acids is 1. The van der Waals surface area contributed by atoms with Crippen LogP contribution in [-0.2, 0) is 11.8 Å². The van der Waals surface area contributed by atoms with Gasteiger partial charge in [-0.25, -0.2) is 4.79 Å². The van der Waals surface area contributed by atoms with Crippen molar-refractivity contribution >= 4 is 11.9 Å². The fraction of sp³-hybridized carbons (Fsp3) is 0.667. The van der Waals surface area contributed by atoms with Crippen molar-refractivity contribution in [3.8, 4) is 0 Å². The van der Waals surface area contributed by atoms with Crippen LogP contribution < -0.4 is 0 Å². The molecule has 1 aliphatic heterocycles. The number of amides is 1. The van der Waals surface area contributed by atoms with Crippen LogP contribution in [0.3, 0.4) is 0 Å². The molecule has 0 bridgehead atoms. The van der Waals surface area contributed by atoms with Crippen molar-refractivity contribution in [3.05, 3.63) is 17.5 Å². The van der Waals surface area contributed by atoms with E-state index in [1.165, 1.54) is 0 Å². The molecular formula is C15H21N3O3. The normalized spacial score (nSPS) is 28.5. The van der Waals surface area contributed by atoms with Gasteiger partial charge in [0, 0.05) is 19.3 Å².